The Labute approximate surface area is 181 Å². The molecule has 2 aliphatic rings. The summed E-state index contributed by atoms with van der Waals surface area (Å²) in [6.45, 7) is 4.55. The highest BCUT2D eigenvalue weighted by Gasteiger charge is 2.40. The van der Waals surface area contributed by atoms with Gasteiger partial charge in [0.05, 0.1) is 12.9 Å². The molecule has 0 spiro atoms. The maximum Gasteiger partial charge on any atom is 0.214 e. The Morgan fingerprint density at radius 1 is 1.10 bits per heavy atom. The number of benzene rings is 1. The lowest BCUT2D eigenvalue weighted by Crippen LogP contribution is -2.58. The number of rotatable bonds is 9. The number of carbonyl (C=O) groups excluding carboxylic acids is 1. The molecule has 1 heterocycles. The van der Waals surface area contributed by atoms with Crippen molar-refractivity contribution in [1.29, 1.82) is 0 Å². The fourth-order valence-corrected chi connectivity index (χ4v) is 6.54. The molecule has 0 aromatic heterocycles. The highest BCUT2D eigenvalue weighted by atomic mass is 32.2. The molecule has 7 heteroatoms. The van der Waals surface area contributed by atoms with Crippen LogP contribution in [0.4, 0.5) is 0 Å². The van der Waals surface area contributed by atoms with Gasteiger partial charge >= 0.3 is 0 Å². The molecule has 1 aliphatic heterocycles. The van der Waals surface area contributed by atoms with Crippen molar-refractivity contribution in [2.75, 3.05) is 39.0 Å². The van der Waals surface area contributed by atoms with Gasteiger partial charge in [0.15, 0.2) is 5.78 Å². The Kier molecular flexibility index (Phi) is 7.93. The first kappa shape index (κ1) is 23.2. The monoisotopic (exact) mass is 436 g/mol. The van der Waals surface area contributed by atoms with Crippen molar-refractivity contribution < 1.29 is 17.9 Å². The van der Waals surface area contributed by atoms with Crippen LogP contribution in [0.5, 0.6) is 5.75 Å². The van der Waals surface area contributed by atoms with Gasteiger partial charge in [0.1, 0.15) is 5.75 Å². The van der Waals surface area contributed by atoms with Crippen molar-refractivity contribution in [2.45, 2.75) is 63.8 Å². The largest absolute Gasteiger partial charge is 0.497 e. The van der Waals surface area contributed by atoms with Crippen LogP contribution in [0.2, 0.25) is 0 Å². The number of ether oxygens (including phenoxy) is 1. The molecule has 1 aliphatic carbocycles. The first-order chi connectivity index (χ1) is 14.4. The Hall–Kier alpha value is -1.44. The summed E-state index contributed by atoms with van der Waals surface area (Å²) in [5.41, 5.74) is 0.726. The van der Waals surface area contributed by atoms with E-state index in [1.54, 1.807) is 11.4 Å². The van der Waals surface area contributed by atoms with Crippen molar-refractivity contribution in [1.82, 2.24) is 9.21 Å². The Bertz CT molecular complexity index is 810. The topological polar surface area (TPSA) is 66.9 Å². The van der Waals surface area contributed by atoms with Crippen LogP contribution < -0.4 is 4.74 Å². The molecule has 1 saturated heterocycles. The summed E-state index contributed by atoms with van der Waals surface area (Å²) in [7, 11) is -1.52. The van der Waals surface area contributed by atoms with Crippen LogP contribution in [0.3, 0.4) is 0 Å². The lowest BCUT2D eigenvalue weighted by atomic mass is 9.76. The van der Waals surface area contributed by atoms with E-state index in [0.29, 0.717) is 37.2 Å². The van der Waals surface area contributed by atoms with Crippen LogP contribution in [0.1, 0.15) is 68.6 Å². The van der Waals surface area contributed by atoms with E-state index < -0.39 is 10.0 Å². The Morgan fingerprint density at radius 3 is 2.43 bits per heavy atom. The summed E-state index contributed by atoms with van der Waals surface area (Å²) in [4.78, 5) is 15.4. The van der Waals surface area contributed by atoms with E-state index >= 15 is 0 Å². The van der Waals surface area contributed by atoms with Gasteiger partial charge in [-0.1, -0.05) is 38.3 Å². The van der Waals surface area contributed by atoms with E-state index in [-0.39, 0.29) is 17.1 Å². The number of hydrogen-bond donors (Lipinski definition) is 0. The van der Waals surface area contributed by atoms with Gasteiger partial charge in [-0.2, -0.15) is 4.31 Å². The molecule has 0 atom stereocenters. The Morgan fingerprint density at radius 2 is 1.80 bits per heavy atom. The van der Waals surface area contributed by atoms with Gasteiger partial charge in [-0.05, 0) is 37.8 Å². The van der Waals surface area contributed by atoms with Gasteiger partial charge in [0.25, 0.3) is 0 Å². The number of ketones is 1. The summed E-state index contributed by atoms with van der Waals surface area (Å²) in [5.74, 6) is 1.09. The van der Waals surface area contributed by atoms with Gasteiger partial charge in [-0.25, -0.2) is 8.42 Å². The molecule has 0 N–H and O–H groups in total. The van der Waals surface area contributed by atoms with E-state index in [1.807, 2.05) is 31.2 Å². The summed E-state index contributed by atoms with van der Waals surface area (Å²) >= 11 is 0. The average molecular weight is 437 g/mol. The molecule has 1 aromatic carbocycles. The van der Waals surface area contributed by atoms with Gasteiger partial charge in [0, 0.05) is 43.7 Å². The molecule has 168 valence electrons. The van der Waals surface area contributed by atoms with Crippen molar-refractivity contribution in [3.8, 4) is 5.75 Å². The lowest BCUT2D eigenvalue weighted by Gasteiger charge is -2.50. The third kappa shape index (κ3) is 5.42. The highest BCUT2D eigenvalue weighted by molar-refractivity contribution is 7.89. The normalized spacial score (nSPS) is 20.7. The van der Waals surface area contributed by atoms with Crippen LogP contribution in [-0.2, 0) is 10.0 Å². The first-order valence-electron chi connectivity index (χ1n) is 11.3. The number of sulfonamides is 1. The average Bonchev–Trinajstić information content (AvgIpc) is 2.78. The van der Waals surface area contributed by atoms with Crippen LogP contribution in [0.15, 0.2) is 24.3 Å². The summed E-state index contributed by atoms with van der Waals surface area (Å²) < 4.78 is 31.8. The standard InChI is InChI=1S/C23H36N2O4S/c1-3-18-30(27,28)25-16-14-24(15-17-25)23(11-5-4-6-12-23)13-10-22(26)20-8-7-9-21(19-20)29-2/h7-9,19H,3-6,10-18H2,1-2H3. The molecule has 0 radical (unpaired) electrons. The second kappa shape index (κ2) is 10.2. The molecule has 0 bridgehead atoms. The summed E-state index contributed by atoms with van der Waals surface area (Å²) in [6, 6.07) is 7.38. The number of carbonyl (C=O) groups is 1. The minimum absolute atomic E-state index is 0.0212. The van der Waals surface area contributed by atoms with Crippen LogP contribution >= 0.6 is 0 Å². The predicted octanol–water partition coefficient (Wildman–Crippen LogP) is 3.72. The second-order valence-electron chi connectivity index (χ2n) is 8.64. The third-order valence-corrected chi connectivity index (χ3v) is 8.83. The number of methoxy groups -OCH3 is 1. The molecule has 0 amide bonds. The van der Waals surface area contributed by atoms with Gasteiger partial charge in [-0.15, -0.1) is 0 Å². The maximum atomic E-state index is 12.9. The zero-order valence-electron chi connectivity index (χ0n) is 18.4. The van der Waals surface area contributed by atoms with E-state index in [4.69, 9.17) is 4.74 Å². The van der Waals surface area contributed by atoms with Gasteiger partial charge < -0.3 is 4.74 Å². The number of Topliss-reactive ketones (excluding diaryl/α,β-unsaturated/α-hetero) is 1. The number of piperazine rings is 1. The quantitative estimate of drug-likeness (QED) is 0.552. The van der Waals surface area contributed by atoms with E-state index in [9.17, 15) is 13.2 Å². The summed E-state index contributed by atoms with van der Waals surface area (Å²) in [6.07, 6.45) is 7.81. The number of hydrogen-bond acceptors (Lipinski definition) is 5. The van der Waals surface area contributed by atoms with E-state index in [1.165, 1.54) is 19.3 Å². The van der Waals surface area contributed by atoms with Crippen molar-refractivity contribution in [2.24, 2.45) is 0 Å². The smallest absolute Gasteiger partial charge is 0.214 e. The molecule has 30 heavy (non-hydrogen) atoms. The first-order valence-corrected chi connectivity index (χ1v) is 12.9. The van der Waals surface area contributed by atoms with Gasteiger partial charge in [-0.3, -0.25) is 9.69 Å². The SMILES string of the molecule is CCCS(=O)(=O)N1CCN(C2(CCC(=O)c3cccc(OC)c3)CCCCC2)CC1. The van der Waals surface area contributed by atoms with Crippen molar-refractivity contribution in [3.63, 3.8) is 0 Å². The maximum absolute atomic E-state index is 12.9. The fourth-order valence-electron chi connectivity index (χ4n) is 5.05. The second-order valence-corrected chi connectivity index (χ2v) is 10.7. The molecule has 0 unspecified atom stereocenters. The third-order valence-electron chi connectivity index (χ3n) is 6.76. The van der Waals surface area contributed by atoms with Crippen LogP contribution in [0, 0.1) is 0 Å². The molecular formula is C23H36N2O4S. The zero-order chi connectivity index (χ0) is 21.6. The van der Waals surface area contributed by atoms with Crippen LogP contribution in [-0.4, -0.2) is 68.0 Å². The van der Waals surface area contributed by atoms with Gasteiger partial charge in [0.2, 0.25) is 10.0 Å². The molecule has 3 rings (SSSR count). The minimum atomic E-state index is -3.14. The molecule has 6 nitrogen and oxygen atoms in total. The zero-order valence-corrected chi connectivity index (χ0v) is 19.3. The van der Waals surface area contributed by atoms with Crippen molar-refractivity contribution >= 4 is 15.8 Å². The molecule has 1 aromatic rings. The van der Waals surface area contributed by atoms with Crippen molar-refractivity contribution in [3.05, 3.63) is 29.8 Å². The van der Waals surface area contributed by atoms with E-state index in [0.717, 1.165) is 32.4 Å². The highest BCUT2D eigenvalue weighted by Crippen LogP contribution is 2.38. The predicted molar refractivity (Wildman–Crippen MR) is 120 cm³/mol. The van der Waals surface area contributed by atoms with E-state index in [2.05, 4.69) is 4.90 Å². The fraction of sp³-hybridized carbons (Fsp3) is 0.696. The minimum Gasteiger partial charge on any atom is -0.497 e. The molecule has 2 fully saturated rings. The molecular weight excluding hydrogens is 400 g/mol. The number of nitrogens with zero attached hydrogens (tertiary/aromatic N) is 2. The molecule has 1 saturated carbocycles. The summed E-state index contributed by atoms with van der Waals surface area (Å²) in [5, 5.41) is 0. The lowest BCUT2D eigenvalue weighted by molar-refractivity contribution is 0.0165. The van der Waals surface area contributed by atoms with Crippen LogP contribution in [0.25, 0.3) is 0 Å². The Balaban J connectivity index is 1.66.